The first-order valence-electron chi connectivity index (χ1n) is 5.74. The van der Waals surface area contributed by atoms with Crippen molar-refractivity contribution in [3.8, 4) is 0 Å². The monoisotopic (exact) mass is 348 g/mol. The van der Waals surface area contributed by atoms with Crippen LogP contribution in [0.25, 0.3) is 0 Å². The fourth-order valence-electron chi connectivity index (χ4n) is 1.62. The number of benzene rings is 2. The van der Waals surface area contributed by atoms with E-state index in [4.69, 9.17) is 28.9 Å². The van der Waals surface area contributed by atoms with Crippen LogP contribution in [0.15, 0.2) is 35.2 Å². The van der Waals surface area contributed by atoms with Crippen molar-refractivity contribution in [1.29, 1.82) is 0 Å². The van der Waals surface area contributed by atoms with Gasteiger partial charge in [-0.15, -0.1) is 0 Å². The van der Waals surface area contributed by atoms with Crippen molar-refractivity contribution < 1.29 is 12.8 Å². The molecule has 0 amide bonds. The van der Waals surface area contributed by atoms with Crippen LogP contribution < -0.4 is 10.5 Å². The van der Waals surface area contributed by atoms with Gasteiger partial charge in [-0.2, -0.15) is 0 Å². The average Bonchev–Trinajstić information content (AvgIpc) is 2.39. The Morgan fingerprint density at radius 1 is 1.14 bits per heavy atom. The molecule has 0 aliphatic carbocycles. The zero-order chi connectivity index (χ0) is 15.8. The summed E-state index contributed by atoms with van der Waals surface area (Å²) >= 11 is 11.9. The second kappa shape index (κ2) is 5.71. The summed E-state index contributed by atoms with van der Waals surface area (Å²) in [4.78, 5) is -0.172. The lowest BCUT2D eigenvalue weighted by atomic mass is 10.2. The molecule has 0 radical (unpaired) electrons. The van der Waals surface area contributed by atoms with Crippen LogP contribution >= 0.6 is 23.2 Å². The maximum absolute atomic E-state index is 13.1. The molecule has 0 atom stereocenters. The number of aryl methyl sites for hydroxylation is 1. The molecule has 0 aliphatic heterocycles. The lowest BCUT2D eigenvalue weighted by Crippen LogP contribution is -2.14. The highest BCUT2D eigenvalue weighted by Gasteiger charge is 2.18. The van der Waals surface area contributed by atoms with Crippen molar-refractivity contribution in [1.82, 2.24) is 0 Å². The number of hydrogen-bond donors (Lipinski definition) is 2. The third-order valence-electron chi connectivity index (χ3n) is 2.77. The Hall–Kier alpha value is -1.50. The molecule has 112 valence electrons. The predicted molar refractivity (Wildman–Crippen MR) is 82.8 cm³/mol. The maximum Gasteiger partial charge on any atom is 0.262 e. The highest BCUT2D eigenvalue weighted by Crippen LogP contribution is 2.30. The molecule has 0 unspecified atom stereocenters. The first-order valence-corrected chi connectivity index (χ1v) is 7.98. The number of anilines is 2. The normalized spacial score (nSPS) is 11.4. The van der Waals surface area contributed by atoms with Crippen LogP contribution in [-0.4, -0.2) is 8.42 Å². The molecule has 2 aromatic carbocycles. The van der Waals surface area contributed by atoms with E-state index in [0.29, 0.717) is 5.02 Å². The summed E-state index contributed by atoms with van der Waals surface area (Å²) in [6.07, 6.45) is 0. The Morgan fingerprint density at radius 3 is 2.43 bits per heavy atom. The Balaban J connectivity index is 2.42. The standard InChI is InChI=1S/C13H11Cl2FN2O2S/c1-7-4-10(15)13(6-9(7)14)18-21(19,20)8-2-3-11(16)12(17)5-8/h2-6,18H,17H2,1H3. The van der Waals surface area contributed by atoms with Gasteiger partial charge in [0.25, 0.3) is 10.0 Å². The Labute approximate surface area is 131 Å². The summed E-state index contributed by atoms with van der Waals surface area (Å²) in [5.74, 6) is -0.689. The Kier molecular flexibility index (Phi) is 4.32. The summed E-state index contributed by atoms with van der Waals surface area (Å²) < 4.78 is 39.8. The van der Waals surface area contributed by atoms with Crippen LogP contribution in [-0.2, 0) is 10.0 Å². The zero-order valence-corrected chi connectivity index (χ0v) is 13.2. The van der Waals surface area contributed by atoms with Crippen LogP contribution in [0.2, 0.25) is 10.0 Å². The largest absolute Gasteiger partial charge is 0.396 e. The van der Waals surface area contributed by atoms with Gasteiger partial charge in [0.2, 0.25) is 0 Å². The molecule has 3 N–H and O–H groups in total. The van der Waals surface area contributed by atoms with Gasteiger partial charge < -0.3 is 5.73 Å². The molecule has 0 aliphatic rings. The van der Waals surface area contributed by atoms with Crippen molar-refractivity contribution >= 4 is 44.6 Å². The molecule has 2 rings (SSSR count). The van der Waals surface area contributed by atoms with Crippen molar-refractivity contribution in [2.45, 2.75) is 11.8 Å². The number of nitrogen functional groups attached to an aromatic ring is 1. The van der Waals surface area contributed by atoms with E-state index in [1.54, 1.807) is 13.0 Å². The van der Waals surface area contributed by atoms with E-state index >= 15 is 0 Å². The van der Waals surface area contributed by atoms with Crippen LogP contribution in [0.3, 0.4) is 0 Å². The first-order chi connectivity index (χ1) is 9.70. The fraction of sp³-hybridized carbons (Fsp3) is 0.0769. The van der Waals surface area contributed by atoms with E-state index in [1.165, 1.54) is 6.07 Å². The van der Waals surface area contributed by atoms with E-state index < -0.39 is 15.8 Å². The zero-order valence-electron chi connectivity index (χ0n) is 10.8. The van der Waals surface area contributed by atoms with Crippen molar-refractivity contribution in [2.24, 2.45) is 0 Å². The van der Waals surface area contributed by atoms with E-state index in [9.17, 15) is 12.8 Å². The molecule has 0 spiro atoms. The molecule has 0 bridgehead atoms. The quantitative estimate of drug-likeness (QED) is 0.828. The second-order valence-electron chi connectivity index (χ2n) is 4.37. The highest BCUT2D eigenvalue weighted by molar-refractivity contribution is 7.92. The van der Waals surface area contributed by atoms with E-state index in [-0.39, 0.29) is 21.3 Å². The summed E-state index contributed by atoms with van der Waals surface area (Å²) in [5, 5.41) is 0.575. The van der Waals surface area contributed by atoms with Crippen LogP contribution in [0.5, 0.6) is 0 Å². The number of rotatable bonds is 3. The number of nitrogens with one attached hydrogen (secondary N) is 1. The molecule has 0 saturated heterocycles. The van der Waals surface area contributed by atoms with Crippen LogP contribution in [0.1, 0.15) is 5.56 Å². The van der Waals surface area contributed by atoms with Gasteiger partial charge in [-0.3, -0.25) is 4.72 Å². The minimum absolute atomic E-state index is 0.134. The van der Waals surface area contributed by atoms with Crippen LogP contribution in [0, 0.1) is 12.7 Å². The van der Waals surface area contributed by atoms with E-state index in [2.05, 4.69) is 4.72 Å². The van der Waals surface area contributed by atoms with Crippen molar-refractivity contribution in [3.05, 3.63) is 51.8 Å². The molecule has 8 heteroatoms. The lowest BCUT2D eigenvalue weighted by Gasteiger charge is -2.11. The third-order valence-corrected chi connectivity index (χ3v) is 4.85. The van der Waals surface area contributed by atoms with Gasteiger partial charge in [-0.25, -0.2) is 12.8 Å². The smallest absolute Gasteiger partial charge is 0.262 e. The number of nitrogens with two attached hydrogens (primary N) is 1. The summed E-state index contributed by atoms with van der Waals surface area (Å²) in [7, 11) is -3.94. The van der Waals surface area contributed by atoms with Crippen molar-refractivity contribution in [2.75, 3.05) is 10.5 Å². The van der Waals surface area contributed by atoms with Gasteiger partial charge >= 0.3 is 0 Å². The summed E-state index contributed by atoms with van der Waals surface area (Å²) in [5.41, 5.74) is 5.96. The first kappa shape index (κ1) is 15.9. The fourth-order valence-corrected chi connectivity index (χ4v) is 3.21. The SMILES string of the molecule is Cc1cc(Cl)c(NS(=O)(=O)c2ccc(F)c(N)c2)cc1Cl. The van der Waals surface area contributed by atoms with Gasteiger partial charge in [-0.05, 0) is 42.8 Å². The van der Waals surface area contributed by atoms with Gasteiger partial charge in [0.05, 0.1) is 21.3 Å². The van der Waals surface area contributed by atoms with E-state index in [0.717, 1.165) is 23.8 Å². The minimum atomic E-state index is -3.94. The number of sulfonamides is 1. The third kappa shape index (κ3) is 3.40. The highest BCUT2D eigenvalue weighted by atomic mass is 35.5. The van der Waals surface area contributed by atoms with Crippen molar-refractivity contribution in [3.63, 3.8) is 0 Å². The van der Waals surface area contributed by atoms with E-state index in [1.807, 2.05) is 0 Å². The minimum Gasteiger partial charge on any atom is -0.396 e. The molecule has 0 heterocycles. The topological polar surface area (TPSA) is 72.2 Å². The maximum atomic E-state index is 13.1. The van der Waals surface area contributed by atoms with Gasteiger partial charge in [0.1, 0.15) is 5.82 Å². The molecular weight excluding hydrogens is 338 g/mol. The van der Waals surface area contributed by atoms with Gasteiger partial charge in [0, 0.05) is 5.02 Å². The molecule has 2 aromatic rings. The molecule has 4 nitrogen and oxygen atoms in total. The molecule has 21 heavy (non-hydrogen) atoms. The lowest BCUT2D eigenvalue weighted by molar-refractivity contribution is 0.600. The Morgan fingerprint density at radius 2 is 1.81 bits per heavy atom. The second-order valence-corrected chi connectivity index (χ2v) is 6.87. The Bertz CT molecular complexity index is 810. The molecule has 0 aromatic heterocycles. The van der Waals surface area contributed by atoms with Gasteiger partial charge in [-0.1, -0.05) is 23.2 Å². The number of hydrogen-bond acceptors (Lipinski definition) is 3. The molecular formula is C13H11Cl2FN2O2S. The molecule has 0 fully saturated rings. The predicted octanol–water partition coefficient (Wildman–Crippen LogP) is 3.82. The number of halogens is 3. The molecule has 0 saturated carbocycles. The summed E-state index contributed by atoms with van der Waals surface area (Å²) in [6.45, 7) is 1.74. The van der Waals surface area contributed by atoms with Gasteiger partial charge in [0.15, 0.2) is 0 Å². The van der Waals surface area contributed by atoms with Crippen LogP contribution in [0.4, 0.5) is 15.8 Å². The average molecular weight is 349 g/mol. The summed E-state index contributed by atoms with van der Waals surface area (Å²) in [6, 6.07) is 6.07.